The van der Waals surface area contributed by atoms with Crippen LogP contribution < -0.4 is 5.32 Å². The molecule has 0 spiro atoms. The molecule has 0 aliphatic heterocycles. The molecule has 0 saturated heterocycles. The smallest absolute Gasteiger partial charge is 0.126 e. The lowest BCUT2D eigenvalue weighted by Gasteiger charge is -2.15. The summed E-state index contributed by atoms with van der Waals surface area (Å²) in [4.78, 5) is 8.76. The van der Waals surface area contributed by atoms with Crippen LogP contribution in [-0.2, 0) is 0 Å². The summed E-state index contributed by atoms with van der Waals surface area (Å²) in [6, 6.07) is 10.5. The number of halogens is 1. The summed E-state index contributed by atoms with van der Waals surface area (Å²) in [5, 5.41) is 3.33. The third-order valence-corrected chi connectivity index (χ3v) is 4.28. The molecule has 0 bridgehead atoms. The summed E-state index contributed by atoms with van der Waals surface area (Å²) >= 11 is 0. The normalized spacial score (nSPS) is 12.0. The van der Waals surface area contributed by atoms with Crippen molar-refractivity contribution in [3.63, 3.8) is 0 Å². The first-order valence-electron chi connectivity index (χ1n) is 7.94. The Morgan fingerprint density at radius 3 is 2.38 bits per heavy atom. The molecular formula is C20H20FN3. The number of nitrogens with one attached hydrogen (secondary N) is 1. The minimum atomic E-state index is -0.226. The highest BCUT2D eigenvalue weighted by Crippen LogP contribution is 2.25. The van der Waals surface area contributed by atoms with Gasteiger partial charge >= 0.3 is 0 Å². The fraction of sp³-hybridized carbons (Fsp3) is 0.200. The van der Waals surface area contributed by atoms with Crippen LogP contribution in [0.25, 0.3) is 11.1 Å². The van der Waals surface area contributed by atoms with E-state index in [1.807, 2.05) is 37.6 Å². The standard InChI is InChI=1S/C20H20FN3/c1-13-10-22-12-19(14(13)2)17-6-9-20(23-11-17)24-15(3)16-4-7-18(21)8-5-16/h4-12,15H,1-3H3,(H,23,24)/t15-/m1/s1. The average Bonchev–Trinajstić information content (AvgIpc) is 2.59. The molecule has 3 aromatic rings. The number of hydrogen-bond donors (Lipinski definition) is 1. The molecule has 0 radical (unpaired) electrons. The predicted octanol–water partition coefficient (Wildman–Crippen LogP) is 5.07. The van der Waals surface area contributed by atoms with Gasteiger partial charge in [-0.15, -0.1) is 0 Å². The van der Waals surface area contributed by atoms with Crippen LogP contribution in [0.15, 0.2) is 55.0 Å². The minimum absolute atomic E-state index is 0.0475. The van der Waals surface area contributed by atoms with Crippen molar-refractivity contribution < 1.29 is 4.39 Å². The lowest BCUT2D eigenvalue weighted by atomic mass is 10.0. The van der Waals surface area contributed by atoms with Gasteiger partial charge in [-0.3, -0.25) is 4.98 Å². The van der Waals surface area contributed by atoms with Crippen LogP contribution in [0.1, 0.15) is 29.7 Å². The summed E-state index contributed by atoms with van der Waals surface area (Å²) in [7, 11) is 0. The molecule has 0 unspecified atom stereocenters. The summed E-state index contributed by atoms with van der Waals surface area (Å²) in [5.41, 5.74) is 5.54. The number of benzene rings is 1. The van der Waals surface area contributed by atoms with E-state index in [1.54, 1.807) is 12.1 Å². The summed E-state index contributed by atoms with van der Waals surface area (Å²) < 4.78 is 13.0. The second-order valence-electron chi connectivity index (χ2n) is 5.98. The van der Waals surface area contributed by atoms with Crippen molar-refractivity contribution >= 4 is 5.82 Å². The van der Waals surface area contributed by atoms with E-state index in [4.69, 9.17) is 0 Å². The van der Waals surface area contributed by atoms with Gasteiger partial charge in [0.25, 0.3) is 0 Å². The van der Waals surface area contributed by atoms with Crippen molar-refractivity contribution in [2.24, 2.45) is 0 Å². The zero-order valence-electron chi connectivity index (χ0n) is 14.0. The van der Waals surface area contributed by atoms with Crippen molar-refractivity contribution in [3.05, 3.63) is 77.5 Å². The van der Waals surface area contributed by atoms with E-state index in [0.29, 0.717) is 0 Å². The molecule has 0 saturated carbocycles. The highest BCUT2D eigenvalue weighted by atomic mass is 19.1. The van der Waals surface area contributed by atoms with E-state index >= 15 is 0 Å². The molecule has 3 nitrogen and oxygen atoms in total. The fourth-order valence-electron chi connectivity index (χ4n) is 2.62. The molecule has 1 atom stereocenters. The summed E-state index contributed by atoms with van der Waals surface area (Å²) in [5.74, 6) is 0.560. The van der Waals surface area contributed by atoms with Crippen molar-refractivity contribution in [2.75, 3.05) is 5.32 Å². The highest BCUT2D eigenvalue weighted by molar-refractivity contribution is 5.67. The zero-order chi connectivity index (χ0) is 17.1. The van der Waals surface area contributed by atoms with Crippen LogP contribution in [0, 0.1) is 19.7 Å². The van der Waals surface area contributed by atoms with Crippen molar-refractivity contribution in [2.45, 2.75) is 26.8 Å². The Kier molecular flexibility index (Phi) is 4.56. The van der Waals surface area contributed by atoms with Crippen molar-refractivity contribution in [3.8, 4) is 11.1 Å². The summed E-state index contributed by atoms with van der Waals surface area (Å²) in [6.45, 7) is 6.17. The molecule has 3 rings (SSSR count). The third kappa shape index (κ3) is 3.43. The Labute approximate surface area is 141 Å². The van der Waals surface area contributed by atoms with Gasteiger partial charge in [0.05, 0.1) is 0 Å². The van der Waals surface area contributed by atoms with Crippen LogP contribution in [-0.4, -0.2) is 9.97 Å². The van der Waals surface area contributed by atoms with E-state index in [-0.39, 0.29) is 11.9 Å². The number of aryl methyl sites for hydroxylation is 1. The van der Waals surface area contributed by atoms with Crippen LogP contribution in [0.4, 0.5) is 10.2 Å². The maximum Gasteiger partial charge on any atom is 0.126 e. The van der Waals surface area contributed by atoms with E-state index < -0.39 is 0 Å². The van der Waals surface area contributed by atoms with E-state index in [1.165, 1.54) is 23.3 Å². The van der Waals surface area contributed by atoms with Gasteiger partial charge in [-0.05, 0) is 61.7 Å². The van der Waals surface area contributed by atoms with E-state index in [0.717, 1.165) is 22.5 Å². The van der Waals surface area contributed by atoms with Gasteiger partial charge in [-0.1, -0.05) is 12.1 Å². The predicted molar refractivity (Wildman–Crippen MR) is 95.4 cm³/mol. The topological polar surface area (TPSA) is 37.8 Å². The van der Waals surface area contributed by atoms with Gasteiger partial charge < -0.3 is 5.32 Å². The number of anilines is 1. The molecule has 122 valence electrons. The number of pyridine rings is 2. The molecule has 2 aromatic heterocycles. The van der Waals surface area contributed by atoms with Gasteiger partial charge in [-0.2, -0.15) is 0 Å². The second kappa shape index (κ2) is 6.79. The molecule has 2 heterocycles. The van der Waals surface area contributed by atoms with Crippen LogP contribution >= 0.6 is 0 Å². The Bertz CT molecular complexity index is 827. The fourth-order valence-corrected chi connectivity index (χ4v) is 2.62. The molecule has 0 fully saturated rings. The Hall–Kier alpha value is -2.75. The largest absolute Gasteiger partial charge is 0.364 e. The highest BCUT2D eigenvalue weighted by Gasteiger charge is 2.08. The van der Waals surface area contributed by atoms with Gasteiger partial charge in [-0.25, -0.2) is 9.37 Å². The maximum absolute atomic E-state index is 13.0. The molecule has 0 amide bonds. The van der Waals surface area contributed by atoms with Crippen LogP contribution in [0.2, 0.25) is 0 Å². The Morgan fingerprint density at radius 1 is 0.958 bits per heavy atom. The van der Waals surface area contributed by atoms with Crippen LogP contribution in [0.3, 0.4) is 0 Å². The van der Waals surface area contributed by atoms with Gasteiger partial charge in [0, 0.05) is 35.8 Å². The number of hydrogen-bond acceptors (Lipinski definition) is 3. The zero-order valence-corrected chi connectivity index (χ0v) is 14.0. The van der Waals surface area contributed by atoms with E-state index in [2.05, 4.69) is 29.1 Å². The molecule has 4 heteroatoms. The van der Waals surface area contributed by atoms with Gasteiger partial charge in [0.1, 0.15) is 11.6 Å². The second-order valence-corrected chi connectivity index (χ2v) is 5.98. The maximum atomic E-state index is 13.0. The average molecular weight is 321 g/mol. The first-order valence-corrected chi connectivity index (χ1v) is 7.94. The lowest BCUT2D eigenvalue weighted by Crippen LogP contribution is -2.07. The third-order valence-electron chi connectivity index (χ3n) is 4.28. The molecule has 0 aliphatic rings. The first-order chi connectivity index (χ1) is 11.5. The lowest BCUT2D eigenvalue weighted by molar-refractivity contribution is 0.626. The molecule has 1 aromatic carbocycles. The summed E-state index contributed by atoms with van der Waals surface area (Å²) in [6.07, 6.45) is 5.59. The number of rotatable bonds is 4. The van der Waals surface area contributed by atoms with Gasteiger partial charge in [0.2, 0.25) is 0 Å². The van der Waals surface area contributed by atoms with Crippen LogP contribution in [0.5, 0.6) is 0 Å². The number of nitrogens with zero attached hydrogens (tertiary/aromatic N) is 2. The van der Waals surface area contributed by atoms with Crippen molar-refractivity contribution in [1.29, 1.82) is 0 Å². The first kappa shape index (κ1) is 16.1. The quantitative estimate of drug-likeness (QED) is 0.729. The molecule has 1 N–H and O–H groups in total. The molecule has 24 heavy (non-hydrogen) atoms. The SMILES string of the molecule is Cc1cncc(-c2ccc(N[C@H](C)c3ccc(F)cc3)nc2)c1C. The van der Waals surface area contributed by atoms with Crippen molar-refractivity contribution in [1.82, 2.24) is 9.97 Å². The molecular weight excluding hydrogens is 301 g/mol. The Balaban J connectivity index is 1.77. The minimum Gasteiger partial charge on any atom is -0.364 e. The Morgan fingerprint density at radius 2 is 1.71 bits per heavy atom. The number of aromatic nitrogens is 2. The monoisotopic (exact) mass is 321 g/mol. The van der Waals surface area contributed by atoms with E-state index in [9.17, 15) is 4.39 Å². The molecule has 0 aliphatic carbocycles. The van der Waals surface area contributed by atoms with Gasteiger partial charge in [0.15, 0.2) is 0 Å².